The molecule has 0 bridgehead atoms. The third-order valence-electron chi connectivity index (χ3n) is 3.24. The minimum atomic E-state index is -0.0621. The van der Waals surface area contributed by atoms with Crippen molar-refractivity contribution in [2.75, 3.05) is 19.5 Å². The summed E-state index contributed by atoms with van der Waals surface area (Å²) in [5, 5.41) is 2.80. The van der Waals surface area contributed by atoms with Gasteiger partial charge in [-0.05, 0) is 43.2 Å². The first-order chi connectivity index (χ1) is 10.6. The second kappa shape index (κ2) is 7.45. The van der Waals surface area contributed by atoms with Gasteiger partial charge in [0.2, 0.25) is 5.91 Å². The van der Waals surface area contributed by atoms with Crippen LogP contribution in [0.3, 0.4) is 0 Å². The molecule has 0 aliphatic heterocycles. The summed E-state index contributed by atoms with van der Waals surface area (Å²) < 4.78 is 10.5. The number of methoxy groups -OCH3 is 2. The van der Waals surface area contributed by atoms with Gasteiger partial charge in [0.15, 0.2) is 11.5 Å². The molecule has 2 aromatic rings. The molecular formula is C17H20N2O3. The summed E-state index contributed by atoms with van der Waals surface area (Å²) in [6.45, 7) is 1.89. The van der Waals surface area contributed by atoms with Crippen molar-refractivity contribution in [2.45, 2.75) is 19.8 Å². The molecule has 116 valence electrons. The van der Waals surface area contributed by atoms with E-state index in [-0.39, 0.29) is 5.91 Å². The largest absolute Gasteiger partial charge is 0.493 e. The number of carbonyl (C=O) groups is 1. The monoisotopic (exact) mass is 300 g/mol. The molecule has 0 unspecified atom stereocenters. The van der Waals surface area contributed by atoms with E-state index in [0.29, 0.717) is 30.2 Å². The number of pyridine rings is 1. The van der Waals surface area contributed by atoms with Crippen LogP contribution in [0.5, 0.6) is 11.5 Å². The number of aromatic nitrogens is 1. The van der Waals surface area contributed by atoms with Crippen LogP contribution in [0.15, 0.2) is 36.4 Å². The summed E-state index contributed by atoms with van der Waals surface area (Å²) in [5.41, 5.74) is 1.89. The van der Waals surface area contributed by atoms with E-state index in [9.17, 15) is 4.79 Å². The highest BCUT2D eigenvalue weighted by atomic mass is 16.5. The number of nitrogens with zero attached hydrogens (tertiary/aromatic N) is 1. The maximum Gasteiger partial charge on any atom is 0.225 e. The van der Waals surface area contributed by atoms with Crippen LogP contribution in [0.25, 0.3) is 0 Å². The van der Waals surface area contributed by atoms with Crippen molar-refractivity contribution in [3.05, 3.63) is 47.7 Å². The van der Waals surface area contributed by atoms with Crippen LogP contribution in [0.1, 0.15) is 17.7 Å². The van der Waals surface area contributed by atoms with Gasteiger partial charge in [-0.3, -0.25) is 4.79 Å². The van der Waals surface area contributed by atoms with Crippen molar-refractivity contribution >= 4 is 11.7 Å². The molecule has 2 rings (SSSR count). The third-order valence-corrected chi connectivity index (χ3v) is 3.24. The number of benzene rings is 1. The lowest BCUT2D eigenvalue weighted by molar-refractivity contribution is -0.116. The van der Waals surface area contributed by atoms with Crippen molar-refractivity contribution in [3.8, 4) is 11.5 Å². The lowest BCUT2D eigenvalue weighted by Gasteiger charge is -2.09. The molecule has 0 spiro atoms. The van der Waals surface area contributed by atoms with Crippen molar-refractivity contribution < 1.29 is 14.3 Å². The minimum Gasteiger partial charge on any atom is -0.493 e. The fourth-order valence-corrected chi connectivity index (χ4v) is 2.11. The highest BCUT2D eigenvalue weighted by Gasteiger charge is 2.07. The number of aryl methyl sites for hydroxylation is 2. The van der Waals surface area contributed by atoms with Gasteiger partial charge in [-0.15, -0.1) is 0 Å². The van der Waals surface area contributed by atoms with Crippen LogP contribution in [0, 0.1) is 6.92 Å². The first kappa shape index (κ1) is 15.8. The maximum absolute atomic E-state index is 12.0. The van der Waals surface area contributed by atoms with Crippen LogP contribution >= 0.6 is 0 Å². The normalized spacial score (nSPS) is 10.1. The molecule has 0 aliphatic rings. The second-order valence-electron chi connectivity index (χ2n) is 4.90. The van der Waals surface area contributed by atoms with Gasteiger partial charge < -0.3 is 14.8 Å². The number of carbonyl (C=O) groups excluding carboxylic acids is 1. The van der Waals surface area contributed by atoms with E-state index in [1.165, 1.54) is 0 Å². The molecular weight excluding hydrogens is 280 g/mol. The lowest BCUT2D eigenvalue weighted by Crippen LogP contribution is -2.13. The topological polar surface area (TPSA) is 60.5 Å². The summed E-state index contributed by atoms with van der Waals surface area (Å²) in [5.74, 6) is 1.87. The highest BCUT2D eigenvalue weighted by Crippen LogP contribution is 2.27. The van der Waals surface area contributed by atoms with Crippen LogP contribution in [-0.4, -0.2) is 25.1 Å². The summed E-state index contributed by atoms with van der Waals surface area (Å²) in [7, 11) is 3.19. The Hall–Kier alpha value is -2.56. The average molecular weight is 300 g/mol. The van der Waals surface area contributed by atoms with E-state index in [0.717, 1.165) is 11.3 Å². The molecule has 1 N–H and O–H groups in total. The van der Waals surface area contributed by atoms with Crippen molar-refractivity contribution in [3.63, 3.8) is 0 Å². The molecule has 1 aromatic carbocycles. The Balaban J connectivity index is 1.93. The SMILES string of the molecule is COc1ccc(CCC(=O)Nc2cccc(C)n2)cc1OC. The molecule has 0 radical (unpaired) electrons. The fourth-order valence-electron chi connectivity index (χ4n) is 2.11. The number of anilines is 1. The quantitative estimate of drug-likeness (QED) is 0.891. The van der Waals surface area contributed by atoms with Gasteiger partial charge in [-0.1, -0.05) is 12.1 Å². The van der Waals surface area contributed by atoms with E-state index >= 15 is 0 Å². The van der Waals surface area contributed by atoms with E-state index in [4.69, 9.17) is 9.47 Å². The molecule has 5 heteroatoms. The Kier molecular flexibility index (Phi) is 5.36. The van der Waals surface area contributed by atoms with E-state index in [1.54, 1.807) is 20.3 Å². The predicted molar refractivity (Wildman–Crippen MR) is 85.5 cm³/mol. The summed E-state index contributed by atoms with van der Waals surface area (Å²) in [6.07, 6.45) is 1.00. The number of nitrogens with one attached hydrogen (secondary N) is 1. The zero-order valence-corrected chi connectivity index (χ0v) is 13.1. The van der Waals surface area contributed by atoms with E-state index in [2.05, 4.69) is 10.3 Å². The van der Waals surface area contributed by atoms with Crippen molar-refractivity contribution in [2.24, 2.45) is 0 Å². The van der Waals surface area contributed by atoms with Crippen LogP contribution < -0.4 is 14.8 Å². The van der Waals surface area contributed by atoms with Gasteiger partial charge in [0.1, 0.15) is 5.82 Å². The van der Waals surface area contributed by atoms with E-state index < -0.39 is 0 Å². The summed E-state index contributed by atoms with van der Waals surface area (Å²) >= 11 is 0. The highest BCUT2D eigenvalue weighted by molar-refractivity contribution is 5.89. The van der Waals surface area contributed by atoms with Crippen LogP contribution in [0.4, 0.5) is 5.82 Å². The third kappa shape index (κ3) is 4.22. The van der Waals surface area contributed by atoms with Gasteiger partial charge in [0.25, 0.3) is 0 Å². The lowest BCUT2D eigenvalue weighted by atomic mass is 10.1. The zero-order valence-electron chi connectivity index (χ0n) is 13.1. The predicted octanol–water partition coefficient (Wildman–Crippen LogP) is 2.98. The minimum absolute atomic E-state index is 0.0621. The molecule has 1 heterocycles. The van der Waals surface area contributed by atoms with Crippen molar-refractivity contribution in [1.29, 1.82) is 0 Å². The Bertz CT molecular complexity index is 656. The molecule has 0 atom stereocenters. The maximum atomic E-state index is 12.0. The van der Waals surface area contributed by atoms with E-state index in [1.807, 2.05) is 37.3 Å². The second-order valence-corrected chi connectivity index (χ2v) is 4.90. The molecule has 1 amide bonds. The Morgan fingerprint density at radius 2 is 1.91 bits per heavy atom. The number of amides is 1. The Morgan fingerprint density at radius 3 is 2.59 bits per heavy atom. The Labute approximate surface area is 130 Å². The molecule has 0 saturated heterocycles. The molecule has 5 nitrogen and oxygen atoms in total. The standard InChI is InChI=1S/C17H20N2O3/c1-12-5-4-6-16(18-12)19-17(20)10-8-13-7-9-14(21-2)15(11-13)22-3/h4-7,9,11H,8,10H2,1-3H3,(H,18,19,20). The van der Waals surface area contributed by atoms with Crippen LogP contribution in [-0.2, 0) is 11.2 Å². The molecule has 1 aromatic heterocycles. The molecule has 0 saturated carbocycles. The zero-order chi connectivity index (χ0) is 15.9. The van der Waals surface area contributed by atoms with Gasteiger partial charge in [0, 0.05) is 12.1 Å². The average Bonchev–Trinajstić information content (AvgIpc) is 2.52. The molecule has 22 heavy (non-hydrogen) atoms. The smallest absolute Gasteiger partial charge is 0.225 e. The number of hydrogen-bond acceptors (Lipinski definition) is 4. The first-order valence-electron chi connectivity index (χ1n) is 7.07. The fraction of sp³-hybridized carbons (Fsp3) is 0.294. The van der Waals surface area contributed by atoms with Crippen molar-refractivity contribution in [1.82, 2.24) is 4.98 Å². The van der Waals surface area contributed by atoms with Crippen LogP contribution in [0.2, 0.25) is 0 Å². The van der Waals surface area contributed by atoms with Gasteiger partial charge in [-0.2, -0.15) is 0 Å². The summed E-state index contributed by atoms with van der Waals surface area (Å²) in [6, 6.07) is 11.2. The van der Waals surface area contributed by atoms with Gasteiger partial charge >= 0.3 is 0 Å². The number of rotatable bonds is 6. The number of hydrogen-bond donors (Lipinski definition) is 1. The summed E-state index contributed by atoms with van der Waals surface area (Å²) in [4.78, 5) is 16.2. The van der Waals surface area contributed by atoms with Gasteiger partial charge in [-0.25, -0.2) is 4.98 Å². The number of ether oxygens (including phenoxy) is 2. The first-order valence-corrected chi connectivity index (χ1v) is 7.07. The molecule has 0 aliphatic carbocycles. The molecule has 0 fully saturated rings. The Morgan fingerprint density at radius 1 is 1.14 bits per heavy atom. The van der Waals surface area contributed by atoms with Gasteiger partial charge in [0.05, 0.1) is 14.2 Å².